The molecule has 0 aliphatic heterocycles. The highest BCUT2D eigenvalue weighted by molar-refractivity contribution is 6.30. The van der Waals surface area contributed by atoms with Crippen molar-refractivity contribution in [2.75, 3.05) is 18.5 Å². The first-order valence-electron chi connectivity index (χ1n) is 6.84. The highest BCUT2D eigenvalue weighted by Gasteiger charge is 2.11. The van der Waals surface area contributed by atoms with Crippen LogP contribution in [0.5, 0.6) is 0 Å². The van der Waals surface area contributed by atoms with Crippen LogP contribution in [0.15, 0.2) is 48.5 Å². The fourth-order valence-electron chi connectivity index (χ4n) is 2.26. The predicted molar refractivity (Wildman–Crippen MR) is 85.5 cm³/mol. The Morgan fingerprint density at radius 2 is 1.95 bits per heavy atom. The molecule has 3 nitrogen and oxygen atoms in total. The van der Waals surface area contributed by atoms with E-state index < -0.39 is 0 Å². The number of hydrogen-bond acceptors (Lipinski definition) is 3. The number of nitrogens with zero attached hydrogens (tertiary/aromatic N) is 1. The van der Waals surface area contributed by atoms with Crippen molar-refractivity contribution in [1.82, 2.24) is 0 Å². The number of benzene rings is 2. The molecule has 21 heavy (non-hydrogen) atoms. The molecule has 2 rings (SSSR count). The molecule has 0 aliphatic rings. The van der Waals surface area contributed by atoms with Crippen LogP contribution in [0, 0.1) is 11.3 Å². The van der Waals surface area contributed by atoms with Crippen LogP contribution in [0.3, 0.4) is 0 Å². The minimum atomic E-state index is 0.132. The fraction of sp³-hybridized carbons (Fsp3) is 0.235. The summed E-state index contributed by atoms with van der Waals surface area (Å²) in [7, 11) is 0. The number of aliphatic hydroxyl groups is 1. The number of nitriles is 1. The van der Waals surface area contributed by atoms with E-state index in [0.29, 0.717) is 23.6 Å². The van der Waals surface area contributed by atoms with Crippen LogP contribution in [-0.2, 0) is 0 Å². The van der Waals surface area contributed by atoms with E-state index in [9.17, 15) is 5.11 Å². The normalized spacial score (nSPS) is 11.7. The van der Waals surface area contributed by atoms with Gasteiger partial charge in [0.2, 0.25) is 0 Å². The summed E-state index contributed by atoms with van der Waals surface area (Å²) in [5, 5.41) is 22.2. The van der Waals surface area contributed by atoms with E-state index in [2.05, 4.69) is 23.5 Å². The minimum Gasteiger partial charge on any atom is -0.396 e. The zero-order chi connectivity index (χ0) is 15.1. The van der Waals surface area contributed by atoms with E-state index in [4.69, 9.17) is 16.9 Å². The average molecular weight is 301 g/mol. The lowest BCUT2D eigenvalue weighted by molar-refractivity contribution is 0.277. The van der Waals surface area contributed by atoms with Crippen molar-refractivity contribution in [3.05, 3.63) is 64.7 Å². The first-order chi connectivity index (χ1) is 10.2. The third kappa shape index (κ3) is 4.22. The van der Waals surface area contributed by atoms with Crippen molar-refractivity contribution < 1.29 is 5.11 Å². The number of aliphatic hydroxyl groups excluding tert-OH is 1. The number of halogens is 1. The zero-order valence-electron chi connectivity index (χ0n) is 11.6. The van der Waals surface area contributed by atoms with Crippen LogP contribution >= 0.6 is 11.6 Å². The Morgan fingerprint density at radius 3 is 2.62 bits per heavy atom. The van der Waals surface area contributed by atoms with Crippen LogP contribution < -0.4 is 5.32 Å². The van der Waals surface area contributed by atoms with E-state index in [1.54, 1.807) is 12.1 Å². The summed E-state index contributed by atoms with van der Waals surface area (Å²) in [6.45, 7) is 0.786. The predicted octanol–water partition coefficient (Wildman–Crippen LogP) is 3.79. The highest BCUT2D eigenvalue weighted by atomic mass is 35.5. The summed E-state index contributed by atoms with van der Waals surface area (Å²) in [6.07, 6.45) is 0.673. The fourth-order valence-corrected chi connectivity index (χ4v) is 2.44. The standard InChI is InChI=1S/C17H17ClN2O/c18-16-6-7-17(15(10-16)11-19)20-12-14(8-9-21)13-4-2-1-3-5-13/h1-7,10,14,20-21H,8-9,12H2. The largest absolute Gasteiger partial charge is 0.396 e. The van der Waals surface area contributed by atoms with Crippen LogP contribution in [0.1, 0.15) is 23.5 Å². The van der Waals surface area contributed by atoms with Crippen molar-refractivity contribution >= 4 is 17.3 Å². The molecular formula is C17H17ClN2O. The van der Waals surface area contributed by atoms with E-state index in [1.165, 1.54) is 5.56 Å². The maximum Gasteiger partial charge on any atom is 0.101 e. The van der Waals surface area contributed by atoms with Gasteiger partial charge in [0.15, 0.2) is 0 Å². The van der Waals surface area contributed by atoms with E-state index >= 15 is 0 Å². The lowest BCUT2D eigenvalue weighted by Crippen LogP contribution is -2.14. The van der Waals surface area contributed by atoms with Gasteiger partial charge in [0.1, 0.15) is 6.07 Å². The molecule has 108 valence electrons. The first-order valence-corrected chi connectivity index (χ1v) is 7.21. The van der Waals surface area contributed by atoms with Crippen molar-refractivity contribution in [3.63, 3.8) is 0 Å². The van der Waals surface area contributed by atoms with E-state index in [1.807, 2.05) is 24.3 Å². The van der Waals surface area contributed by atoms with Crippen LogP contribution in [0.2, 0.25) is 5.02 Å². The lowest BCUT2D eigenvalue weighted by atomic mass is 9.96. The summed E-state index contributed by atoms with van der Waals surface area (Å²) < 4.78 is 0. The van der Waals surface area contributed by atoms with Crippen LogP contribution in [-0.4, -0.2) is 18.3 Å². The molecule has 4 heteroatoms. The molecule has 0 saturated carbocycles. The summed E-state index contributed by atoms with van der Waals surface area (Å²) >= 11 is 5.89. The van der Waals surface area contributed by atoms with Crippen molar-refractivity contribution in [2.45, 2.75) is 12.3 Å². The molecule has 0 heterocycles. The Bertz CT molecular complexity index is 622. The lowest BCUT2D eigenvalue weighted by Gasteiger charge is -2.18. The molecule has 2 N–H and O–H groups in total. The SMILES string of the molecule is N#Cc1cc(Cl)ccc1NCC(CCO)c1ccccc1. The van der Waals surface area contributed by atoms with Crippen molar-refractivity contribution in [2.24, 2.45) is 0 Å². The van der Waals surface area contributed by atoms with E-state index in [0.717, 1.165) is 5.69 Å². The second-order valence-corrected chi connectivity index (χ2v) is 5.24. The molecule has 0 saturated heterocycles. The Hall–Kier alpha value is -2.02. The molecule has 0 fully saturated rings. The van der Waals surface area contributed by atoms with Crippen LogP contribution in [0.25, 0.3) is 0 Å². The first kappa shape index (κ1) is 15.4. The summed E-state index contributed by atoms with van der Waals surface area (Å²) in [5.74, 6) is 0.193. The van der Waals surface area contributed by atoms with Crippen molar-refractivity contribution in [1.29, 1.82) is 5.26 Å². The molecule has 2 aromatic rings. The monoisotopic (exact) mass is 300 g/mol. The Kier molecular flexibility index (Phi) is 5.62. The maximum atomic E-state index is 9.23. The minimum absolute atomic E-state index is 0.132. The van der Waals surface area contributed by atoms with Gasteiger partial charge in [-0.15, -0.1) is 0 Å². The number of anilines is 1. The molecule has 0 amide bonds. The molecule has 0 spiro atoms. The van der Waals surface area contributed by atoms with Gasteiger partial charge in [-0.3, -0.25) is 0 Å². The molecule has 0 aliphatic carbocycles. The van der Waals surface area contributed by atoms with Gasteiger partial charge in [0, 0.05) is 24.1 Å². The number of nitrogens with one attached hydrogen (secondary N) is 1. The summed E-state index contributed by atoms with van der Waals surface area (Å²) in [6, 6.07) is 17.4. The van der Waals surface area contributed by atoms with Gasteiger partial charge in [-0.1, -0.05) is 41.9 Å². The maximum absolute atomic E-state index is 9.23. The quantitative estimate of drug-likeness (QED) is 0.853. The molecular weight excluding hydrogens is 284 g/mol. The summed E-state index contributed by atoms with van der Waals surface area (Å²) in [5.41, 5.74) is 2.46. The van der Waals surface area contributed by atoms with Gasteiger partial charge < -0.3 is 10.4 Å². The molecule has 1 atom stereocenters. The third-order valence-electron chi connectivity index (χ3n) is 3.39. The molecule has 2 aromatic carbocycles. The second-order valence-electron chi connectivity index (χ2n) is 4.80. The van der Waals surface area contributed by atoms with Gasteiger partial charge in [-0.25, -0.2) is 0 Å². The molecule has 0 bridgehead atoms. The van der Waals surface area contributed by atoms with Crippen LogP contribution in [0.4, 0.5) is 5.69 Å². The molecule has 1 unspecified atom stereocenters. The van der Waals surface area contributed by atoms with Gasteiger partial charge in [0.25, 0.3) is 0 Å². The van der Waals surface area contributed by atoms with Gasteiger partial charge >= 0.3 is 0 Å². The molecule has 0 aromatic heterocycles. The summed E-state index contributed by atoms with van der Waals surface area (Å²) in [4.78, 5) is 0. The van der Waals surface area contributed by atoms with Gasteiger partial charge in [-0.2, -0.15) is 5.26 Å². The number of hydrogen-bond donors (Lipinski definition) is 2. The number of rotatable bonds is 6. The molecule has 0 radical (unpaired) electrons. The second kappa shape index (κ2) is 7.68. The van der Waals surface area contributed by atoms with Crippen molar-refractivity contribution in [3.8, 4) is 6.07 Å². The topological polar surface area (TPSA) is 56.0 Å². The average Bonchev–Trinajstić information content (AvgIpc) is 2.53. The Labute approximate surface area is 129 Å². The zero-order valence-corrected chi connectivity index (χ0v) is 12.3. The Morgan fingerprint density at radius 1 is 1.19 bits per heavy atom. The Balaban J connectivity index is 2.11. The van der Waals surface area contributed by atoms with Gasteiger partial charge in [0.05, 0.1) is 11.3 Å². The highest BCUT2D eigenvalue weighted by Crippen LogP contribution is 2.23. The van der Waals surface area contributed by atoms with E-state index in [-0.39, 0.29) is 12.5 Å². The third-order valence-corrected chi connectivity index (χ3v) is 3.62. The van der Waals surface area contributed by atoms with Gasteiger partial charge in [-0.05, 0) is 30.2 Å². The smallest absolute Gasteiger partial charge is 0.101 e.